The molecule has 92 valence electrons. The number of nitrogens with two attached hydrogens (primary N) is 1. The molecular weight excluding hydrogens is 208 g/mol. The van der Waals surface area contributed by atoms with Crippen molar-refractivity contribution in [1.82, 2.24) is 0 Å². The molecule has 0 bridgehead atoms. The van der Waals surface area contributed by atoms with Crippen molar-refractivity contribution in [2.45, 2.75) is 38.0 Å². The summed E-state index contributed by atoms with van der Waals surface area (Å²) in [5, 5.41) is 0. The SMILES string of the molecule is Cc1ccc(N2CCCC2)c(C2(CN)CC2)c1. The standard InChI is InChI=1S/C15H22N2/c1-12-4-5-14(17-8-2-3-9-17)13(10-12)15(11-16)6-7-15/h4-5,10H,2-3,6-9,11,16H2,1H3. The van der Waals surface area contributed by atoms with Crippen LogP contribution < -0.4 is 10.6 Å². The van der Waals surface area contributed by atoms with Crippen molar-refractivity contribution in [1.29, 1.82) is 0 Å². The lowest BCUT2D eigenvalue weighted by Crippen LogP contribution is -2.26. The first-order valence-corrected chi connectivity index (χ1v) is 6.81. The van der Waals surface area contributed by atoms with E-state index in [0.29, 0.717) is 5.41 Å². The third-order valence-electron chi connectivity index (χ3n) is 4.41. The summed E-state index contributed by atoms with van der Waals surface area (Å²) in [4.78, 5) is 2.55. The normalized spacial score (nSPS) is 21.9. The van der Waals surface area contributed by atoms with E-state index in [1.807, 2.05) is 0 Å². The Hall–Kier alpha value is -1.02. The van der Waals surface area contributed by atoms with Crippen molar-refractivity contribution in [2.24, 2.45) is 5.73 Å². The van der Waals surface area contributed by atoms with Crippen molar-refractivity contribution in [3.05, 3.63) is 29.3 Å². The summed E-state index contributed by atoms with van der Waals surface area (Å²) >= 11 is 0. The molecule has 1 saturated heterocycles. The zero-order chi connectivity index (χ0) is 11.9. The first-order valence-electron chi connectivity index (χ1n) is 6.81. The Kier molecular flexibility index (Phi) is 2.62. The van der Waals surface area contributed by atoms with Crippen molar-refractivity contribution >= 4 is 5.69 Å². The monoisotopic (exact) mass is 230 g/mol. The number of nitrogens with zero attached hydrogens (tertiary/aromatic N) is 1. The molecule has 2 N–H and O–H groups in total. The maximum absolute atomic E-state index is 6.00. The Morgan fingerprint density at radius 1 is 1.24 bits per heavy atom. The van der Waals surface area contributed by atoms with Crippen molar-refractivity contribution in [3.63, 3.8) is 0 Å². The van der Waals surface area contributed by atoms with E-state index in [1.54, 1.807) is 0 Å². The van der Waals surface area contributed by atoms with Crippen LogP contribution in [0.3, 0.4) is 0 Å². The van der Waals surface area contributed by atoms with E-state index in [0.717, 1.165) is 6.54 Å². The Labute approximate surface area is 104 Å². The van der Waals surface area contributed by atoms with Gasteiger partial charge >= 0.3 is 0 Å². The second-order valence-corrected chi connectivity index (χ2v) is 5.70. The summed E-state index contributed by atoms with van der Waals surface area (Å²) in [5.74, 6) is 0. The minimum absolute atomic E-state index is 0.309. The number of benzene rings is 1. The second kappa shape index (κ2) is 4.02. The summed E-state index contributed by atoms with van der Waals surface area (Å²) in [5.41, 5.74) is 10.6. The van der Waals surface area contributed by atoms with E-state index < -0.39 is 0 Å². The predicted molar refractivity (Wildman–Crippen MR) is 72.6 cm³/mol. The maximum atomic E-state index is 6.00. The van der Waals surface area contributed by atoms with Gasteiger partial charge in [-0.2, -0.15) is 0 Å². The molecule has 1 aliphatic carbocycles. The molecule has 0 unspecified atom stereocenters. The third kappa shape index (κ3) is 1.85. The average molecular weight is 230 g/mol. The Morgan fingerprint density at radius 2 is 1.94 bits per heavy atom. The van der Waals surface area contributed by atoms with Gasteiger partial charge in [0.2, 0.25) is 0 Å². The molecule has 0 atom stereocenters. The zero-order valence-corrected chi connectivity index (χ0v) is 10.7. The highest BCUT2D eigenvalue weighted by Gasteiger charge is 2.45. The lowest BCUT2D eigenvalue weighted by Gasteiger charge is -2.26. The molecular formula is C15H22N2. The number of hydrogen-bond donors (Lipinski definition) is 1. The molecule has 0 amide bonds. The maximum Gasteiger partial charge on any atom is 0.0405 e. The molecule has 1 aromatic carbocycles. The van der Waals surface area contributed by atoms with Crippen LogP contribution in [-0.4, -0.2) is 19.6 Å². The molecule has 1 heterocycles. The van der Waals surface area contributed by atoms with Gasteiger partial charge in [0, 0.05) is 30.7 Å². The smallest absolute Gasteiger partial charge is 0.0405 e. The molecule has 0 aromatic heterocycles. The summed E-state index contributed by atoms with van der Waals surface area (Å²) in [7, 11) is 0. The van der Waals surface area contributed by atoms with Crippen LogP contribution in [0.25, 0.3) is 0 Å². The van der Waals surface area contributed by atoms with Crippen LogP contribution in [0.4, 0.5) is 5.69 Å². The van der Waals surface area contributed by atoms with E-state index in [-0.39, 0.29) is 0 Å². The molecule has 1 aromatic rings. The summed E-state index contributed by atoms with van der Waals surface area (Å²) in [6, 6.07) is 6.92. The summed E-state index contributed by atoms with van der Waals surface area (Å²) in [6.45, 7) is 5.43. The Bertz CT molecular complexity index is 415. The topological polar surface area (TPSA) is 29.3 Å². The summed E-state index contributed by atoms with van der Waals surface area (Å²) < 4.78 is 0. The van der Waals surface area contributed by atoms with Gasteiger partial charge in [-0.15, -0.1) is 0 Å². The molecule has 0 spiro atoms. The molecule has 17 heavy (non-hydrogen) atoms. The van der Waals surface area contributed by atoms with Gasteiger partial charge in [-0.05, 0) is 44.2 Å². The first kappa shape index (κ1) is 11.1. The Balaban J connectivity index is 2.02. The van der Waals surface area contributed by atoms with Gasteiger partial charge in [0.15, 0.2) is 0 Å². The summed E-state index contributed by atoms with van der Waals surface area (Å²) in [6.07, 6.45) is 5.22. The molecule has 2 aliphatic rings. The molecule has 0 radical (unpaired) electrons. The molecule has 3 rings (SSSR count). The number of anilines is 1. The van der Waals surface area contributed by atoms with Gasteiger partial charge < -0.3 is 10.6 Å². The van der Waals surface area contributed by atoms with Gasteiger partial charge in [-0.25, -0.2) is 0 Å². The van der Waals surface area contributed by atoms with Gasteiger partial charge in [0.25, 0.3) is 0 Å². The van der Waals surface area contributed by atoms with Crippen molar-refractivity contribution in [2.75, 3.05) is 24.5 Å². The zero-order valence-electron chi connectivity index (χ0n) is 10.7. The number of rotatable bonds is 3. The molecule has 2 fully saturated rings. The van der Waals surface area contributed by atoms with Gasteiger partial charge in [0.05, 0.1) is 0 Å². The highest BCUT2D eigenvalue weighted by molar-refractivity contribution is 5.60. The van der Waals surface area contributed by atoms with Crippen molar-refractivity contribution in [3.8, 4) is 0 Å². The van der Waals surface area contributed by atoms with Gasteiger partial charge in [0.1, 0.15) is 0 Å². The van der Waals surface area contributed by atoms with E-state index in [4.69, 9.17) is 5.73 Å². The van der Waals surface area contributed by atoms with Crippen LogP contribution in [0.5, 0.6) is 0 Å². The highest BCUT2D eigenvalue weighted by Crippen LogP contribution is 2.51. The lowest BCUT2D eigenvalue weighted by atomic mass is 9.92. The Morgan fingerprint density at radius 3 is 2.53 bits per heavy atom. The molecule has 2 heteroatoms. The van der Waals surface area contributed by atoms with Crippen LogP contribution >= 0.6 is 0 Å². The molecule has 1 saturated carbocycles. The van der Waals surface area contributed by atoms with Gasteiger partial charge in [-0.1, -0.05) is 17.7 Å². The minimum Gasteiger partial charge on any atom is -0.371 e. The van der Waals surface area contributed by atoms with Crippen molar-refractivity contribution < 1.29 is 0 Å². The number of hydrogen-bond acceptors (Lipinski definition) is 2. The van der Waals surface area contributed by atoms with Crippen LogP contribution in [0.2, 0.25) is 0 Å². The van der Waals surface area contributed by atoms with Crippen LogP contribution in [0, 0.1) is 6.92 Å². The van der Waals surface area contributed by atoms with E-state index in [1.165, 1.54) is 55.6 Å². The first-order chi connectivity index (χ1) is 8.25. The quantitative estimate of drug-likeness (QED) is 0.864. The fraction of sp³-hybridized carbons (Fsp3) is 0.600. The largest absolute Gasteiger partial charge is 0.371 e. The van der Waals surface area contributed by atoms with Crippen LogP contribution in [0.1, 0.15) is 36.8 Å². The van der Waals surface area contributed by atoms with Crippen LogP contribution in [0.15, 0.2) is 18.2 Å². The van der Waals surface area contributed by atoms with Crippen LogP contribution in [-0.2, 0) is 5.41 Å². The van der Waals surface area contributed by atoms with Gasteiger partial charge in [-0.3, -0.25) is 0 Å². The van der Waals surface area contributed by atoms with E-state index in [2.05, 4.69) is 30.0 Å². The number of aryl methyl sites for hydroxylation is 1. The predicted octanol–water partition coefficient (Wildman–Crippen LogP) is 2.59. The highest BCUT2D eigenvalue weighted by atomic mass is 15.1. The minimum atomic E-state index is 0.309. The molecule has 2 nitrogen and oxygen atoms in total. The fourth-order valence-corrected chi connectivity index (χ4v) is 3.04. The average Bonchev–Trinajstić information content (AvgIpc) is 2.96. The molecule has 1 aliphatic heterocycles. The third-order valence-corrected chi connectivity index (χ3v) is 4.41. The lowest BCUT2D eigenvalue weighted by molar-refractivity contribution is 0.699. The van der Waals surface area contributed by atoms with E-state index >= 15 is 0 Å². The van der Waals surface area contributed by atoms with E-state index in [9.17, 15) is 0 Å². The fourth-order valence-electron chi connectivity index (χ4n) is 3.04. The second-order valence-electron chi connectivity index (χ2n) is 5.70.